The summed E-state index contributed by atoms with van der Waals surface area (Å²) in [6.45, 7) is 5.23. The van der Waals surface area contributed by atoms with E-state index in [2.05, 4.69) is 30.5 Å². The maximum absolute atomic E-state index is 12.2. The van der Waals surface area contributed by atoms with E-state index < -0.39 is 0 Å². The number of carbonyl (C=O) groups excluding carboxylic acids is 1. The van der Waals surface area contributed by atoms with Gasteiger partial charge in [-0.25, -0.2) is 0 Å². The van der Waals surface area contributed by atoms with Crippen LogP contribution in [-0.4, -0.2) is 18.5 Å². The molecule has 1 aromatic rings. The molecule has 2 N–H and O–H groups in total. The molecular weight excluding hydrogens is 224 g/mol. The Balaban J connectivity index is 2.06. The lowest BCUT2D eigenvalue weighted by Crippen LogP contribution is -2.43. The summed E-state index contributed by atoms with van der Waals surface area (Å²) in [4.78, 5) is 12.2. The fourth-order valence-corrected chi connectivity index (χ4v) is 2.41. The van der Waals surface area contributed by atoms with Gasteiger partial charge in [0.05, 0.1) is 6.04 Å². The molecule has 1 aliphatic rings. The molecule has 18 heavy (non-hydrogen) atoms. The predicted octanol–water partition coefficient (Wildman–Crippen LogP) is 2.89. The van der Waals surface area contributed by atoms with E-state index in [1.54, 1.807) is 0 Å². The second-order valence-corrected chi connectivity index (χ2v) is 5.23. The zero-order valence-electron chi connectivity index (χ0n) is 11.2. The van der Waals surface area contributed by atoms with Gasteiger partial charge in [-0.2, -0.15) is 0 Å². The Morgan fingerprint density at radius 1 is 1.33 bits per heavy atom. The molecule has 1 saturated heterocycles. The summed E-state index contributed by atoms with van der Waals surface area (Å²) in [6.07, 6.45) is 3.25. The average Bonchev–Trinajstić information content (AvgIpc) is 2.40. The summed E-state index contributed by atoms with van der Waals surface area (Å²) in [7, 11) is 0. The van der Waals surface area contributed by atoms with Crippen LogP contribution in [0.1, 0.15) is 44.6 Å². The predicted molar refractivity (Wildman–Crippen MR) is 74.8 cm³/mol. The van der Waals surface area contributed by atoms with Gasteiger partial charge in [0.2, 0.25) is 5.91 Å². The molecule has 3 nitrogen and oxygen atoms in total. The molecule has 0 spiro atoms. The Labute approximate surface area is 109 Å². The van der Waals surface area contributed by atoms with Crippen LogP contribution in [0.25, 0.3) is 0 Å². The maximum Gasteiger partial charge on any atom is 0.241 e. The monoisotopic (exact) mass is 246 g/mol. The van der Waals surface area contributed by atoms with E-state index in [9.17, 15) is 4.79 Å². The highest BCUT2D eigenvalue weighted by Gasteiger charge is 2.21. The second kappa shape index (κ2) is 6.01. The van der Waals surface area contributed by atoms with Crippen molar-refractivity contribution in [3.05, 3.63) is 29.8 Å². The number of nitrogens with one attached hydrogen (secondary N) is 2. The molecule has 0 saturated carbocycles. The zero-order valence-corrected chi connectivity index (χ0v) is 11.2. The van der Waals surface area contributed by atoms with Crippen LogP contribution in [0.15, 0.2) is 24.3 Å². The minimum Gasteiger partial charge on any atom is -0.324 e. The largest absolute Gasteiger partial charge is 0.324 e. The van der Waals surface area contributed by atoms with Gasteiger partial charge in [-0.3, -0.25) is 4.79 Å². The van der Waals surface area contributed by atoms with E-state index in [0.29, 0.717) is 5.92 Å². The minimum atomic E-state index is -0.0287. The fraction of sp³-hybridized carbons (Fsp3) is 0.533. The van der Waals surface area contributed by atoms with Crippen LogP contribution >= 0.6 is 0 Å². The molecule has 1 fully saturated rings. The first-order valence-electron chi connectivity index (χ1n) is 6.81. The summed E-state index contributed by atoms with van der Waals surface area (Å²) in [5.74, 6) is 0.517. The molecular formula is C15H22N2O. The number of para-hydroxylation sites is 1. The summed E-state index contributed by atoms with van der Waals surface area (Å²) in [5, 5.41) is 6.34. The van der Waals surface area contributed by atoms with E-state index in [1.165, 1.54) is 12.0 Å². The number of carbonyl (C=O) groups is 1. The number of rotatable bonds is 3. The first-order chi connectivity index (χ1) is 8.68. The van der Waals surface area contributed by atoms with Crippen molar-refractivity contribution in [1.29, 1.82) is 0 Å². The molecule has 1 amide bonds. The standard InChI is InChI=1S/C15H22N2O/c1-11(2)12-7-3-4-8-13(12)17-15(18)14-9-5-6-10-16-14/h3-4,7-8,11,14,16H,5-6,9-10H2,1-2H3,(H,17,18)/t14-/m1/s1. The van der Waals surface area contributed by atoms with E-state index in [0.717, 1.165) is 25.1 Å². The van der Waals surface area contributed by atoms with Crippen LogP contribution in [0.5, 0.6) is 0 Å². The Bertz CT molecular complexity index is 409. The Morgan fingerprint density at radius 3 is 2.78 bits per heavy atom. The second-order valence-electron chi connectivity index (χ2n) is 5.23. The smallest absolute Gasteiger partial charge is 0.241 e. The summed E-state index contributed by atoms with van der Waals surface area (Å²) in [6, 6.07) is 8.02. The molecule has 1 aliphatic heterocycles. The van der Waals surface area contributed by atoms with E-state index in [4.69, 9.17) is 0 Å². The Hall–Kier alpha value is -1.35. The van der Waals surface area contributed by atoms with Crippen molar-refractivity contribution in [3.8, 4) is 0 Å². The highest BCUT2D eigenvalue weighted by atomic mass is 16.2. The van der Waals surface area contributed by atoms with Gasteiger partial charge in [-0.05, 0) is 36.9 Å². The van der Waals surface area contributed by atoms with Crippen molar-refractivity contribution >= 4 is 11.6 Å². The fourth-order valence-electron chi connectivity index (χ4n) is 2.41. The third kappa shape index (κ3) is 3.10. The van der Waals surface area contributed by atoms with Crippen molar-refractivity contribution in [3.63, 3.8) is 0 Å². The molecule has 1 heterocycles. The van der Waals surface area contributed by atoms with Crippen LogP contribution in [0.2, 0.25) is 0 Å². The summed E-state index contributed by atoms with van der Waals surface area (Å²) < 4.78 is 0. The van der Waals surface area contributed by atoms with Gasteiger partial charge in [0, 0.05) is 5.69 Å². The molecule has 1 atom stereocenters. The summed E-state index contributed by atoms with van der Waals surface area (Å²) >= 11 is 0. The summed E-state index contributed by atoms with van der Waals surface area (Å²) in [5.41, 5.74) is 2.14. The van der Waals surface area contributed by atoms with Crippen LogP contribution in [0.3, 0.4) is 0 Å². The van der Waals surface area contributed by atoms with Gasteiger partial charge >= 0.3 is 0 Å². The average molecular weight is 246 g/mol. The highest BCUT2D eigenvalue weighted by molar-refractivity contribution is 5.95. The number of benzene rings is 1. The molecule has 0 aromatic heterocycles. The number of piperidine rings is 1. The highest BCUT2D eigenvalue weighted by Crippen LogP contribution is 2.24. The molecule has 0 radical (unpaired) electrons. The van der Waals surface area contributed by atoms with Gasteiger partial charge in [0.25, 0.3) is 0 Å². The third-order valence-electron chi connectivity index (χ3n) is 3.47. The first-order valence-corrected chi connectivity index (χ1v) is 6.81. The van der Waals surface area contributed by atoms with E-state index in [1.807, 2.05) is 18.2 Å². The number of anilines is 1. The van der Waals surface area contributed by atoms with Crippen LogP contribution in [0, 0.1) is 0 Å². The van der Waals surface area contributed by atoms with Crippen molar-refractivity contribution in [2.45, 2.75) is 45.1 Å². The molecule has 3 heteroatoms. The van der Waals surface area contributed by atoms with E-state index in [-0.39, 0.29) is 11.9 Å². The van der Waals surface area contributed by atoms with Crippen LogP contribution in [-0.2, 0) is 4.79 Å². The normalized spacial score (nSPS) is 19.8. The van der Waals surface area contributed by atoms with Crippen molar-refractivity contribution in [1.82, 2.24) is 5.32 Å². The number of hydrogen-bond donors (Lipinski definition) is 2. The topological polar surface area (TPSA) is 41.1 Å². The van der Waals surface area contributed by atoms with Gasteiger partial charge in [-0.15, -0.1) is 0 Å². The minimum absolute atomic E-state index is 0.0287. The van der Waals surface area contributed by atoms with Gasteiger partial charge < -0.3 is 10.6 Å². The van der Waals surface area contributed by atoms with Crippen molar-refractivity contribution in [2.75, 3.05) is 11.9 Å². The molecule has 0 aliphatic carbocycles. The zero-order chi connectivity index (χ0) is 13.0. The van der Waals surface area contributed by atoms with Gasteiger partial charge in [-0.1, -0.05) is 38.5 Å². The maximum atomic E-state index is 12.2. The lowest BCUT2D eigenvalue weighted by atomic mass is 10.00. The molecule has 1 aromatic carbocycles. The van der Waals surface area contributed by atoms with Gasteiger partial charge in [0.15, 0.2) is 0 Å². The quantitative estimate of drug-likeness (QED) is 0.861. The van der Waals surface area contributed by atoms with Crippen LogP contribution < -0.4 is 10.6 Å². The van der Waals surface area contributed by atoms with Crippen molar-refractivity contribution < 1.29 is 4.79 Å². The molecule has 0 bridgehead atoms. The first kappa shape index (κ1) is 13.1. The van der Waals surface area contributed by atoms with Crippen LogP contribution in [0.4, 0.5) is 5.69 Å². The lowest BCUT2D eigenvalue weighted by Gasteiger charge is -2.23. The van der Waals surface area contributed by atoms with Gasteiger partial charge in [0.1, 0.15) is 0 Å². The molecule has 98 valence electrons. The SMILES string of the molecule is CC(C)c1ccccc1NC(=O)[C@H]1CCCCN1. The molecule has 2 rings (SSSR count). The Morgan fingerprint density at radius 2 is 2.11 bits per heavy atom. The molecule has 0 unspecified atom stereocenters. The third-order valence-corrected chi connectivity index (χ3v) is 3.47. The van der Waals surface area contributed by atoms with E-state index >= 15 is 0 Å². The Kier molecular flexibility index (Phi) is 4.37. The number of amides is 1. The number of hydrogen-bond acceptors (Lipinski definition) is 2. The lowest BCUT2D eigenvalue weighted by molar-refractivity contribution is -0.118. The van der Waals surface area contributed by atoms with Crippen molar-refractivity contribution in [2.24, 2.45) is 0 Å².